The van der Waals surface area contributed by atoms with Crippen molar-refractivity contribution in [3.8, 4) is 22.5 Å². The fourth-order valence-electron chi connectivity index (χ4n) is 5.00. The van der Waals surface area contributed by atoms with Gasteiger partial charge in [0.25, 0.3) is 11.8 Å². The number of aromatic amines is 1. The Morgan fingerprint density at radius 3 is 2.33 bits per heavy atom. The number of halogens is 4. The Morgan fingerprint density at radius 2 is 1.64 bits per heavy atom. The molecule has 1 aliphatic rings. The smallest absolute Gasteiger partial charge is 0.333 e. The number of alkyl halides is 3. The molecule has 4 heterocycles. The highest BCUT2D eigenvalue weighted by atomic mass is 19.4. The van der Waals surface area contributed by atoms with E-state index in [1.807, 2.05) is 30.3 Å². The maximum Gasteiger partial charge on any atom is 0.420 e. The number of nitrogens with zero attached hydrogens (tertiary/aromatic N) is 6. The van der Waals surface area contributed by atoms with E-state index in [-0.39, 0.29) is 48.5 Å². The van der Waals surface area contributed by atoms with Crippen molar-refractivity contribution in [2.45, 2.75) is 19.1 Å². The summed E-state index contributed by atoms with van der Waals surface area (Å²) in [4.78, 5) is 33.6. The summed E-state index contributed by atoms with van der Waals surface area (Å²) in [6, 6.07) is 16.4. The lowest BCUT2D eigenvalue weighted by molar-refractivity contribution is -0.136. The van der Waals surface area contributed by atoms with E-state index >= 15 is 0 Å². The van der Waals surface area contributed by atoms with Crippen LogP contribution in [0.4, 0.5) is 17.6 Å². The van der Waals surface area contributed by atoms with Gasteiger partial charge in [-0.1, -0.05) is 30.3 Å². The Hall–Kier alpha value is -5.07. The molecule has 0 spiro atoms. The first kappa shape index (κ1) is 27.1. The van der Waals surface area contributed by atoms with Gasteiger partial charge < -0.3 is 9.80 Å². The maximum absolute atomic E-state index is 14.0. The number of imidazole rings is 1. The standard InChI is InChI=1S/C29H23F4N7O2/c1-17-15-38(11-12-39(17)28(42)24-14-22(35-36-24)18-5-3-2-4-6-18)27(41)25-16-40-26(34-25)21(29(31,32)33)13-23(37-40)19-7-9-20(30)10-8-19/h2-10,13-14,16-17H,11-12,15H2,1H3,(H,35,36)/t17-/m0/s1. The van der Waals surface area contributed by atoms with Crippen molar-refractivity contribution in [2.75, 3.05) is 19.6 Å². The Kier molecular flexibility index (Phi) is 6.71. The predicted molar refractivity (Wildman–Crippen MR) is 144 cm³/mol. The molecule has 1 N–H and O–H groups in total. The first-order valence-electron chi connectivity index (χ1n) is 13.0. The highest BCUT2D eigenvalue weighted by molar-refractivity contribution is 5.95. The number of amides is 2. The Balaban J connectivity index is 1.22. The van der Waals surface area contributed by atoms with Crippen molar-refractivity contribution in [1.82, 2.24) is 34.6 Å². The number of hydrogen-bond acceptors (Lipinski definition) is 5. The molecule has 6 rings (SSSR count). The molecule has 1 aliphatic heterocycles. The van der Waals surface area contributed by atoms with Gasteiger partial charge in [0.15, 0.2) is 5.65 Å². The van der Waals surface area contributed by atoms with Crippen LogP contribution in [0.1, 0.15) is 33.5 Å². The zero-order valence-electron chi connectivity index (χ0n) is 22.1. The van der Waals surface area contributed by atoms with Crippen LogP contribution < -0.4 is 0 Å². The van der Waals surface area contributed by atoms with E-state index < -0.39 is 29.1 Å². The van der Waals surface area contributed by atoms with Crippen LogP contribution >= 0.6 is 0 Å². The van der Waals surface area contributed by atoms with Crippen LogP contribution in [0, 0.1) is 5.82 Å². The Bertz CT molecular complexity index is 1780. The second-order valence-electron chi connectivity index (χ2n) is 9.97. The van der Waals surface area contributed by atoms with E-state index in [9.17, 15) is 27.2 Å². The second-order valence-corrected chi connectivity index (χ2v) is 9.97. The van der Waals surface area contributed by atoms with E-state index in [4.69, 9.17) is 0 Å². The second kappa shape index (κ2) is 10.4. The fraction of sp³-hybridized carbons (Fsp3) is 0.207. The lowest BCUT2D eigenvalue weighted by Gasteiger charge is -2.39. The van der Waals surface area contributed by atoms with E-state index in [0.29, 0.717) is 11.4 Å². The van der Waals surface area contributed by atoms with E-state index in [1.165, 1.54) is 17.0 Å². The minimum atomic E-state index is -4.78. The number of benzene rings is 2. The largest absolute Gasteiger partial charge is 0.420 e. The molecule has 1 saturated heterocycles. The lowest BCUT2D eigenvalue weighted by atomic mass is 10.1. The highest BCUT2D eigenvalue weighted by Crippen LogP contribution is 2.34. The number of nitrogens with one attached hydrogen (secondary N) is 1. The molecule has 0 unspecified atom stereocenters. The third-order valence-corrected chi connectivity index (χ3v) is 7.14. The third-order valence-electron chi connectivity index (χ3n) is 7.14. The number of aromatic nitrogens is 5. The summed E-state index contributed by atoms with van der Waals surface area (Å²) in [6.45, 7) is 2.30. The number of fused-ring (bicyclic) bond motifs is 1. The predicted octanol–water partition coefficient (Wildman–Crippen LogP) is 4.93. The molecule has 0 radical (unpaired) electrons. The summed E-state index contributed by atoms with van der Waals surface area (Å²) in [5.41, 5.74) is 0.203. The molecule has 0 aliphatic carbocycles. The van der Waals surface area contributed by atoms with Crippen molar-refractivity contribution in [3.63, 3.8) is 0 Å². The molecule has 1 atom stereocenters. The number of carbonyl (C=O) groups is 2. The first-order valence-corrected chi connectivity index (χ1v) is 13.0. The van der Waals surface area contributed by atoms with Crippen molar-refractivity contribution in [3.05, 3.63) is 95.7 Å². The molecular weight excluding hydrogens is 554 g/mol. The van der Waals surface area contributed by atoms with Crippen LogP contribution in [0.2, 0.25) is 0 Å². The molecule has 42 heavy (non-hydrogen) atoms. The third kappa shape index (κ3) is 5.08. The van der Waals surface area contributed by atoms with Crippen molar-refractivity contribution in [1.29, 1.82) is 0 Å². The summed E-state index contributed by atoms with van der Waals surface area (Å²) in [5.74, 6) is -1.39. The zero-order valence-corrected chi connectivity index (χ0v) is 22.1. The summed E-state index contributed by atoms with van der Waals surface area (Å²) < 4.78 is 56.2. The van der Waals surface area contributed by atoms with Gasteiger partial charge in [-0.25, -0.2) is 13.9 Å². The molecule has 9 nitrogen and oxygen atoms in total. The molecule has 0 bridgehead atoms. The summed E-state index contributed by atoms with van der Waals surface area (Å²) >= 11 is 0. The summed E-state index contributed by atoms with van der Waals surface area (Å²) in [7, 11) is 0. The Labute approximate surface area is 236 Å². The summed E-state index contributed by atoms with van der Waals surface area (Å²) in [5, 5.41) is 11.2. The van der Waals surface area contributed by atoms with Gasteiger partial charge in [0.05, 0.1) is 17.6 Å². The van der Waals surface area contributed by atoms with Crippen LogP contribution in [0.5, 0.6) is 0 Å². The monoisotopic (exact) mass is 577 g/mol. The molecule has 5 aromatic rings. The van der Waals surface area contributed by atoms with Gasteiger partial charge in [-0.2, -0.15) is 23.4 Å². The van der Waals surface area contributed by atoms with E-state index in [1.54, 1.807) is 17.9 Å². The quantitative estimate of drug-likeness (QED) is 0.306. The van der Waals surface area contributed by atoms with Gasteiger partial charge in [0.2, 0.25) is 0 Å². The van der Waals surface area contributed by atoms with Gasteiger partial charge in [-0.3, -0.25) is 14.7 Å². The number of piperazine rings is 1. The fourth-order valence-corrected chi connectivity index (χ4v) is 5.00. The van der Waals surface area contributed by atoms with Gasteiger partial charge in [0, 0.05) is 36.8 Å². The van der Waals surface area contributed by atoms with Crippen LogP contribution in [-0.2, 0) is 6.18 Å². The van der Waals surface area contributed by atoms with Crippen molar-refractivity contribution < 1.29 is 27.2 Å². The maximum atomic E-state index is 14.0. The Morgan fingerprint density at radius 1 is 0.929 bits per heavy atom. The van der Waals surface area contributed by atoms with Crippen LogP contribution in [-0.4, -0.2) is 72.1 Å². The molecule has 13 heteroatoms. The number of hydrogen-bond donors (Lipinski definition) is 1. The average molecular weight is 578 g/mol. The molecular formula is C29H23F4N7O2. The van der Waals surface area contributed by atoms with Crippen LogP contribution in [0.25, 0.3) is 28.2 Å². The molecule has 1 fully saturated rings. The summed E-state index contributed by atoms with van der Waals surface area (Å²) in [6.07, 6.45) is -3.63. The topological polar surface area (TPSA) is 99.5 Å². The van der Waals surface area contributed by atoms with Gasteiger partial charge in [0.1, 0.15) is 22.8 Å². The van der Waals surface area contributed by atoms with E-state index in [0.717, 1.165) is 34.5 Å². The minimum absolute atomic E-state index is 0.0544. The van der Waals surface area contributed by atoms with Crippen molar-refractivity contribution >= 4 is 17.5 Å². The normalized spacial score (nSPS) is 15.8. The molecule has 2 aromatic carbocycles. The molecule has 2 amide bonds. The van der Waals surface area contributed by atoms with Gasteiger partial charge in [-0.05, 0) is 43.3 Å². The van der Waals surface area contributed by atoms with Gasteiger partial charge in [-0.15, -0.1) is 0 Å². The zero-order chi connectivity index (χ0) is 29.6. The van der Waals surface area contributed by atoms with E-state index in [2.05, 4.69) is 20.3 Å². The van der Waals surface area contributed by atoms with Crippen LogP contribution in [0.3, 0.4) is 0 Å². The number of carbonyl (C=O) groups excluding carboxylic acids is 2. The minimum Gasteiger partial charge on any atom is -0.333 e. The number of rotatable bonds is 4. The SMILES string of the molecule is C[C@H]1CN(C(=O)c2cn3nc(-c4ccc(F)cc4)cc(C(F)(F)F)c3n2)CCN1C(=O)c1cc(-c2ccccc2)n[nH]1. The van der Waals surface area contributed by atoms with Crippen LogP contribution in [0.15, 0.2) is 72.9 Å². The highest BCUT2D eigenvalue weighted by Gasteiger charge is 2.37. The lowest BCUT2D eigenvalue weighted by Crippen LogP contribution is -2.55. The number of H-pyrrole nitrogens is 1. The first-order chi connectivity index (χ1) is 20.1. The molecule has 214 valence electrons. The average Bonchev–Trinajstić information content (AvgIpc) is 3.64. The van der Waals surface area contributed by atoms with Crippen molar-refractivity contribution in [2.24, 2.45) is 0 Å². The molecule has 0 saturated carbocycles. The molecule has 3 aromatic heterocycles. The van der Waals surface area contributed by atoms with Gasteiger partial charge >= 0.3 is 6.18 Å².